The third-order valence-corrected chi connectivity index (χ3v) is 2.44. The summed E-state index contributed by atoms with van der Waals surface area (Å²) in [6, 6.07) is 7.34. The fraction of sp³-hybridized carbons (Fsp3) is 0.250. The highest BCUT2D eigenvalue weighted by Gasteiger charge is 2.08. The highest BCUT2D eigenvalue weighted by atomic mass is 16.5. The van der Waals surface area contributed by atoms with Crippen molar-refractivity contribution >= 4 is 5.88 Å². The Bertz CT molecular complexity index is 508. The Balaban J connectivity index is 2.26. The zero-order valence-electron chi connectivity index (χ0n) is 9.77. The van der Waals surface area contributed by atoms with Gasteiger partial charge in [0.2, 0.25) is 5.88 Å². The molecule has 2 aromatic rings. The minimum Gasteiger partial charge on any atom is -0.497 e. The van der Waals surface area contributed by atoms with Gasteiger partial charge in [-0.05, 0) is 6.07 Å². The second kappa shape index (κ2) is 4.78. The lowest BCUT2D eigenvalue weighted by Gasteiger charge is -2.08. The van der Waals surface area contributed by atoms with Crippen molar-refractivity contribution in [1.82, 2.24) is 5.16 Å². The van der Waals surface area contributed by atoms with Crippen molar-refractivity contribution in [3.05, 3.63) is 35.5 Å². The van der Waals surface area contributed by atoms with Gasteiger partial charge in [0.1, 0.15) is 11.5 Å². The molecule has 0 radical (unpaired) electrons. The number of rotatable bonds is 4. The lowest BCUT2D eigenvalue weighted by Crippen LogP contribution is -1.95. The molecule has 0 spiro atoms. The number of hydrogen-bond donors (Lipinski definition) is 1. The molecule has 5 heteroatoms. The first kappa shape index (κ1) is 11.3. The number of aromatic nitrogens is 1. The first-order chi connectivity index (χ1) is 8.22. The van der Waals surface area contributed by atoms with Gasteiger partial charge in [0, 0.05) is 24.1 Å². The molecule has 0 atom stereocenters. The highest BCUT2D eigenvalue weighted by Crippen LogP contribution is 2.26. The molecule has 0 amide bonds. The number of nitrogens with two attached hydrogens (primary N) is 1. The van der Waals surface area contributed by atoms with Gasteiger partial charge in [0.15, 0.2) is 0 Å². The zero-order valence-corrected chi connectivity index (χ0v) is 9.77. The van der Waals surface area contributed by atoms with Crippen molar-refractivity contribution < 1.29 is 14.0 Å². The predicted octanol–water partition coefficient (Wildman–Crippen LogP) is 1.86. The van der Waals surface area contributed by atoms with Crippen LogP contribution in [0.25, 0.3) is 0 Å². The Labute approximate surface area is 99.1 Å². The molecule has 1 aromatic heterocycles. The summed E-state index contributed by atoms with van der Waals surface area (Å²) in [6.45, 7) is 0. The lowest BCUT2D eigenvalue weighted by atomic mass is 10.1. The molecule has 2 N–H and O–H groups in total. The normalized spacial score (nSPS) is 10.2. The van der Waals surface area contributed by atoms with E-state index in [-0.39, 0.29) is 0 Å². The Kier molecular flexibility index (Phi) is 3.18. The molecule has 2 rings (SSSR count). The van der Waals surface area contributed by atoms with Crippen LogP contribution < -0.4 is 15.2 Å². The predicted molar refractivity (Wildman–Crippen MR) is 63.3 cm³/mol. The van der Waals surface area contributed by atoms with E-state index in [4.69, 9.17) is 19.7 Å². The van der Waals surface area contributed by atoms with E-state index >= 15 is 0 Å². The second-order valence-corrected chi connectivity index (χ2v) is 3.58. The maximum Gasteiger partial charge on any atom is 0.222 e. The van der Waals surface area contributed by atoms with Gasteiger partial charge in [-0.3, -0.25) is 0 Å². The molecule has 1 heterocycles. The van der Waals surface area contributed by atoms with E-state index in [2.05, 4.69) is 5.16 Å². The van der Waals surface area contributed by atoms with Crippen LogP contribution in [0.4, 0.5) is 5.88 Å². The van der Waals surface area contributed by atoms with E-state index in [1.54, 1.807) is 20.3 Å². The van der Waals surface area contributed by atoms with E-state index in [9.17, 15) is 0 Å². The minimum absolute atomic E-state index is 0.312. The quantitative estimate of drug-likeness (QED) is 0.874. The average molecular weight is 234 g/mol. The van der Waals surface area contributed by atoms with E-state index in [1.165, 1.54) is 0 Å². The van der Waals surface area contributed by atoms with Crippen LogP contribution in [0.2, 0.25) is 0 Å². The van der Waals surface area contributed by atoms with Crippen LogP contribution in [0.15, 0.2) is 28.8 Å². The van der Waals surface area contributed by atoms with E-state index in [0.29, 0.717) is 12.3 Å². The number of ether oxygens (including phenoxy) is 2. The number of nitrogen functional groups attached to an aromatic ring is 1. The minimum atomic E-state index is 0.312. The largest absolute Gasteiger partial charge is 0.497 e. The smallest absolute Gasteiger partial charge is 0.222 e. The fourth-order valence-electron chi connectivity index (χ4n) is 1.60. The van der Waals surface area contributed by atoms with Crippen LogP contribution in [-0.2, 0) is 6.42 Å². The standard InChI is InChI=1S/C12H14N2O3/c1-15-10-4-3-8(11(7-10)16-2)5-9-6-12(13)17-14-9/h3-4,6-7H,5,13H2,1-2H3. The monoisotopic (exact) mass is 234 g/mol. The van der Waals surface area contributed by atoms with Gasteiger partial charge in [-0.1, -0.05) is 11.2 Å². The maximum atomic E-state index is 5.47. The molecule has 0 aliphatic carbocycles. The van der Waals surface area contributed by atoms with Crippen LogP contribution in [-0.4, -0.2) is 19.4 Å². The van der Waals surface area contributed by atoms with E-state index in [1.807, 2.05) is 18.2 Å². The molecule has 0 bridgehead atoms. The Hall–Kier alpha value is -2.17. The summed E-state index contributed by atoms with van der Waals surface area (Å²) >= 11 is 0. The molecule has 0 aliphatic heterocycles. The van der Waals surface area contributed by atoms with Crippen molar-refractivity contribution in [2.24, 2.45) is 0 Å². The zero-order chi connectivity index (χ0) is 12.3. The van der Waals surface area contributed by atoms with Crippen LogP contribution in [0.5, 0.6) is 11.5 Å². The SMILES string of the molecule is COc1ccc(Cc2cc(N)on2)c(OC)c1. The van der Waals surface area contributed by atoms with Gasteiger partial charge < -0.3 is 19.7 Å². The number of anilines is 1. The average Bonchev–Trinajstić information content (AvgIpc) is 2.75. The Morgan fingerprint density at radius 3 is 2.65 bits per heavy atom. The fourth-order valence-corrected chi connectivity index (χ4v) is 1.60. The van der Waals surface area contributed by atoms with Crippen molar-refractivity contribution in [2.75, 3.05) is 20.0 Å². The van der Waals surface area contributed by atoms with Gasteiger partial charge in [0.05, 0.1) is 19.9 Å². The molecule has 0 saturated carbocycles. The summed E-state index contributed by atoms with van der Waals surface area (Å²) < 4.78 is 15.2. The summed E-state index contributed by atoms with van der Waals surface area (Å²) in [5, 5.41) is 3.84. The highest BCUT2D eigenvalue weighted by molar-refractivity contribution is 5.43. The molecule has 5 nitrogen and oxygen atoms in total. The van der Waals surface area contributed by atoms with Crippen molar-refractivity contribution in [3.8, 4) is 11.5 Å². The van der Waals surface area contributed by atoms with Gasteiger partial charge in [-0.25, -0.2) is 0 Å². The molecule has 0 aliphatic rings. The summed E-state index contributed by atoms with van der Waals surface area (Å²) in [5.41, 5.74) is 7.24. The summed E-state index contributed by atoms with van der Waals surface area (Å²) in [6.07, 6.45) is 0.605. The first-order valence-corrected chi connectivity index (χ1v) is 5.15. The van der Waals surface area contributed by atoms with Crippen LogP contribution in [0.3, 0.4) is 0 Å². The summed E-state index contributed by atoms with van der Waals surface area (Å²) in [7, 11) is 3.24. The number of methoxy groups -OCH3 is 2. The van der Waals surface area contributed by atoms with Gasteiger partial charge in [-0.15, -0.1) is 0 Å². The van der Waals surface area contributed by atoms with Gasteiger partial charge >= 0.3 is 0 Å². The number of benzene rings is 1. The summed E-state index contributed by atoms with van der Waals surface area (Å²) in [4.78, 5) is 0. The third kappa shape index (κ3) is 2.50. The first-order valence-electron chi connectivity index (χ1n) is 5.15. The molecule has 1 aromatic carbocycles. The van der Waals surface area contributed by atoms with E-state index in [0.717, 1.165) is 22.8 Å². The molecule has 0 saturated heterocycles. The van der Waals surface area contributed by atoms with Crippen LogP contribution in [0, 0.1) is 0 Å². The lowest BCUT2D eigenvalue weighted by molar-refractivity contribution is 0.391. The Morgan fingerprint density at radius 2 is 2.06 bits per heavy atom. The molecule has 17 heavy (non-hydrogen) atoms. The topological polar surface area (TPSA) is 70.5 Å². The molecule has 0 fully saturated rings. The molecular formula is C12H14N2O3. The van der Waals surface area contributed by atoms with Crippen molar-refractivity contribution in [3.63, 3.8) is 0 Å². The van der Waals surface area contributed by atoms with Crippen molar-refractivity contribution in [2.45, 2.75) is 6.42 Å². The number of nitrogens with zero attached hydrogens (tertiary/aromatic N) is 1. The molecule has 0 unspecified atom stereocenters. The maximum absolute atomic E-state index is 5.47. The molecular weight excluding hydrogens is 220 g/mol. The summed E-state index contributed by atoms with van der Waals surface area (Å²) in [5.74, 6) is 1.82. The van der Waals surface area contributed by atoms with Gasteiger partial charge in [0.25, 0.3) is 0 Å². The Morgan fingerprint density at radius 1 is 1.24 bits per heavy atom. The number of hydrogen-bond acceptors (Lipinski definition) is 5. The second-order valence-electron chi connectivity index (χ2n) is 3.58. The molecule has 90 valence electrons. The van der Waals surface area contributed by atoms with Gasteiger partial charge in [-0.2, -0.15) is 0 Å². The van der Waals surface area contributed by atoms with Crippen LogP contribution >= 0.6 is 0 Å². The van der Waals surface area contributed by atoms with Crippen molar-refractivity contribution in [1.29, 1.82) is 0 Å². The van der Waals surface area contributed by atoms with Crippen LogP contribution in [0.1, 0.15) is 11.3 Å². The van der Waals surface area contributed by atoms with E-state index < -0.39 is 0 Å². The third-order valence-electron chi connectivity index (χ3n) is 2.44.